The minimum atomic E-state index is -0.150. The van der Waals surface area contributed by atoms with Gasteiger partial charge in [-0.2, -0.15) is 0 Å². The molecule has 0 saturated heterocycles. The molecule has 1 aliphatic heterocycles. The maximum absolute atomic E-state index is 11.4. The van der Waals surface area contributed by atoms with Crippen LogP contribution >= 0.6 is 22.9 Å². The van der Waals surface area contributed by atoms with Gasteiger partial charge in [-0.1, -0.05) is 23.7 Å². The van der Waals surface area contributed by atoms with Crippen LogP contribution in [0.25, 0.3) is 20.8 Å². The van der Waals surface area contributed by atoms with Gasteiger partial charge in [0.05, 0.1) is 20.8 Å². The number of hydrogen-bond acceptors (Lipinski definition) is 3. The molecular formula is C12H6ClNOS. The maximum Gasteiger partial charge on any atom is 0.198 e. The molecule has 1 heterocycles. The summed E-state index contributed by atoms with van der Waals surface area (Å²) in [5, 5.41) is 0.265. The molecule has 0 fully saturated rings. The van der Waals surface area contributed by atoms with E-state index in [9.17, 15) is 4.79 Å². The third-order valence-corrected chi connectivity index (χ3v) is 4.03. The summed E-state index contributed by atoms with van der Waals surface area (Å²) in [6, 6.07) is 11.0. The van der Waals surface area contributed by atoms with E-state index in [2.05, 4.69) is 4.98 Å². The van der Waals surface area contributed by atoms with E-state index in [0.29, 0.717) is 0 Å². The second kappa shape index (κ2) is 3.54. The van der Waals surface area contributed by atoms with Crippen molar-refractivity contribution in [3.8, 4) is 10.6 Å². The fourth-order valence-corrected chi connectivity index (χ4v) is 2.86. The van der Waals surface area contributed by atoms with Crippen LogP contribution in [-0.2, 0) is 0 Å². The lowest BCUT2D eigenvalue weighted by Gasteiger charge is -2.06. The molecule has 0 saturated carbocycles. The first kappa shape index (κ1) is 9.75. The Labute approximate surface area is 100 Å². The Hall–Kier alpha value is -1.45. The first-order valence-electron chi connectivity index (χ1n) is 4.74. The second-order valence-electron chi connectivity index (χ2n) is 3.41. The minimum absolute atomic E-state index is 0.150. The van der Waals surface area contributed by atoms with E-state index < -0.39 is 0 Å². The Balaban J connectivity index is 2.52. The lowest BCUT2D eigenvalue weighted by Crippen LogP contribution is -2.01. The number of rotatable bonds is 0. The van der Waals surface area contributed by atoms with Gasteiger partial charge in [0.1, 0.15) is 5.02 Å². The first-order chi connectivity index (χ1) is 7.75. The van der Waals surface area contributed by atoms with Crippen molar-refractivity contribution in [2.45, 2.75) is 0 Å². The molecule has 0 unspecified atom stereocenters. The number of aromatic nitrogens is 1. The van der Waals surface area contributed by atoms with Crippen LogP contribution in [-0.4, -0.2) is 4.98 Å². The molecule has 16 heavy (non-hydrogen) atoms. The monoisotopic (exact) mass is 247 g/mol. The zero-order valence-corrected chi connectivity index (χ0v) is 9.68. The first-order valence-corrected chi connectivity index (χ1v) is 5.93. The summed E-state index contributed by atoms with van der Waals surface area (Å²) < 4.78 is 1.03. The van der Waals surface area contributed by atoms with E-state index >= 15 is 0 Å². The van der Waals surface area contributed by atoms with Gasteiger partial charge in [-0.05, 0) is 24.3 Å². The third kappa shape index (κ3) is 1.40. The van der Waals surface area contributed by atoms with Crippen LogP contribution in [0.3, 0.4) is 0 Å². The summed E-state index contributed by atoms with van der Waals surface area (Å²) in [5.74, 6) is 0. The van der Waals surface area contributed by atoms with E-state index in [-0.39, 0.29) is 10.5 Å². The number of hydrogen-bond donors (Lipinski definition) is 0. The van der Waals surface area contributed by atoms with E-state index in [0.717, 1.165) is 20.8 Å². The summed E-state index contributed by atoms with van der Waals surface area (Å²) in [6.07, 6.45) is 0. The molecule has 3 rings (SSSR count). The zero-order valence-electron chi connectivity index (χ0n) is 8.11. The molecule has 0 aromatic heterocycles. The highest BCUT2D eigenvalue weighted by Crippen LogP contribution is 2.33. The fraction of sp³-hybridized carbons (Fsp3) is 0. The summed E-state index contributed by atoms with van der Waals surface area (Å²) >= 11 is 7.48. The van der Waals surface area contributed by atoms with Crippen molar-refractivity contribution < 1.29 is 0 Å². The molecule has 78 valence electrons. The molecule has 1 aromatic rings. The molecular weight excluding hydrogens is 242 g/mol. The molecule has 0 atom stereocenters. The molecule has 1 aliphatic carbocycles. The Kier molecular flexibility index (Phi) is 2.16. The van der Waals surface area contributed by atoms with Gasteiger partial charge in [0, 0.05) is 0 Å². The number of nitrogens with zero attached hydrogens (tertiary/aromatic N) is 1. The molecule has 0 amide bonds. The second-order valence-corrected chi connectivity index (χ2v) is 4.84. The lowest BCUT2D eigenvalue weighted by molar-refractivity contribution is 1.41. The Morgan fingerprint density at radius 1 is 1.12 bits per heavy atom. The van der Waals surface area contributed by atoms with Crippen LogP contribution in [0.2, 0.25) is 5.02 Å². The zero-order chi connectivity index (χ0) is 11.1. The average molecular weight is 248 g/mol. The molecule has 4 heteroatoms. The minimum Gasteiger partial charge on any atom is -0.288 e. The quantitative estimate of drug-likeness (QED) is 0.570. The van der Waals surface area contributed by atoms with Crippen LogP contribution in [0, 0.1) is 0 Å². The largest absolute Gasteiger partial charge is 0.288 e. The van der Waals surface area contributed by atoms with Gasteiger partial charge < -0.3 is 0 Å². The highest BCUT2D eigenvalue weighted by Gasteiger charge is 2.12. The average Bonchev–Trinajstić information content (AvgIpc) is 2.32. The standard InChI is InChI=1S/C12H6ClNOS/c13-11-9(15)6-5-8-12(11)16-10-4-2-1-3-7(10)14-8/h1-6H. The molecule has 0 N–H and O–H groups in total. The number of para-hydroxylation sites is 1. The van der Waals surface area contributed by atoms with Gasteiger partial charge in [0.2, 0.25) is 0 Å². The Morgan fingerprint density at radius 3 is 2.81 bits per heavy atom. The Bertz CT molecular complexity index is 707. The van der Waals surface area contributed by atoms with E-state index in [4.69, 9.17) is 11.6 Å². The van der Waals surface area contributed by atoms with Gasteiger partial charge in [-0.15, -0.1) is 11.3 Å². The summed E-state index contributed by atoms with van der Waals surface area (Å²) in [5.41, 5.74) is 1.55. The predicted molar refractivity (Wildman–Crippen MR) is 67.5 cm³/mol. The summed E-state index contributed by atoms with van der Waals surface area (Å²) in [4.78, 5) is 16.6. The summed E-state index contributed by atoms with van der Waals surface area (Å²) in [6.45, 7) is 0. The lowest BCUT2D eigenvalue weighted by atomic mass is 10.2. The van der Waals surface area contributed by atoms with E-state index in [1.165, 1.54) is 17.4 Å². The van der Waals surface area contributed by atoms with Crippen LogP contribution < -0.4 is 5.43 Å². The van der Waals surface area contributed by atoms with Crippen molar-refractivity contribution in [2.75, 3.05) is 0 Å². The predicted octanol–water partition coefficient (Wildman–Crippen LogP) is 3.41. The van der Waals surface area contributed by atoms with Crippen molar-refractivity contribution >= 4 is 33.2 Å². The van der Waals surface area contributed by atoms with Crippen LogP contribution in [0.1, 0.15) is 0 Å². The number of halogens is 1. The van der Waals surface area contributed by atoms with Gasteiger partial charge in [-0.3, -0.25) is 4.79 Å². The number of benzene rings is 2. The van der Waals surface area contributed by atoms with Crippen molar-refractivity contribution in [2.24, 2.45) is 0 Å². The topological polar surface area (TPSA) is 30.0 Å². The van der Waals surface area contributed by atoms with Gasteiger partial charge in [0.25, 0.3) is 0 Å². The fourth-order valence-electron chi connectivity index (χ4n) is 1.59. The van der Waals surface area contributed by atoms with Crippen LogP contribution in [0.5, 0.6) is 0 Å². The van der Waals surface area contributed by atoms with Crippen molar-refractivity contribution in [3.05, 3.63) is 51.6 Å². The van der Waals surface area contributed by atoms with E-state index in [1.54, 1.807) is 6.07 Å². The molecule has 2 nitrogen and oxygen atoms in total. The van der Waals surface area contributed by atoms with Crippen LogP contribution in [0.4, 0.5) is 0 Å². The highest BCUT2D eigenvalue weighted by molar-refractivity contribution is 7.22. The molecule has 2 aliphatic rings. The SMILES string of the molecule is O=c1ccc2nc3ccccc3sc-2c1Cl. The molecule has 0 spiro atoms. The normalized spacial score (nSPS) is 11.1. The molecule has 0 radical (unpaired) electrons. The smallest absolute Gasteiger partial charge is 0.198 e. The van der Waals surface area contributed by atoms with Crippen molar-refractivity contribution in [1.82, 2.24) is 4.98 Å². The van der Waals surface area contributed by atoms with Gasteiger partial charge in [-0.25, -0.2) is 4.98 Å². The summed E-state index contributed by atoms with van der Waals surface area (Å²) in [7, 11) is 0. The maximum atomic E-state index is 11.4. The van der Waals surface area contributed by atoms with Gasteiger partial charge in [0.15, 0.2) is 5.43 Å². The molecule has 1 aromatic carbocycles. The number of fused-ring (bicyclic) bond motifs is 2. The highest BCUT2D eigenvalue weighted by atomic mass is 35.5. The Morgan fingerprint density at radius 2 is 1.94 bits per heavy atom. The third-order valence-electron chi connectivity index (χ3n) is 2.36. The van der Waals surface area contributed by atoms with Crippen molar-refractivity contribution in [3.63, 3.8) is 0 Å². The van der Waals surface area contributed by atoms with Gasteiger partial charge >= 0.3 is 0 Å². The van der Waals surface area contributed by atoms with Crippen LogP contribution in [0.15, 0.2) is 41.2 Å². The molecule has 0 bridgehead atoms. The van der Waals surface area contributed by atoms with E-state index in [1.807, 2.05) is 24.3 Å². The van der Waals surface area contributed by atoms with Crippen molar-refractivity contribution in [1.29, 1.82) is 0 Å².